The van der Waals surface area contributed by atoms with Gasteiger partial charge < -0.3 is 14.7 Å². The van der Waals surface area contributed by atoms with Crippen LogP contribution in [0.2, 0.25) is 0 Å². The third-order valence-corrected chi connectivity index (χ3v) is 5.62. The molecule has 0 aromatic heterocycles. The molecule has 30 heavy (non-hydrogen) atoms. The summed E-state index contributed by atoms with van der Waals surface area (Å²) in [5, 5.41) is 9.17. The molecular formula is C23H33N3O4. The first-order chi connectivity index (χ1) is 14.7. The molecule has 0 unspecified atom stereocenters. The molecule has 7 heteroatoms. The summed E-state index contributed by atoms with van der Waals surface area (Å²) < 4.78 is 5.59. The second-order valence-corrected chi connectivity index (χ2v) is 7.72. The van der Waals surface area contributed by atoms with Crippen molar-refractivity contribution in [1.29, 1.82) is 0 Å². The van der Waals surface area contributed by atoms with E-state index in [2.05, 4.69) is 11.8 Å². The van der Waals surface area contributed by atoms with Crippen molar-refractivity contribution in [2.75, 3.05) is 59.1 Å². The number of ether oxygens (including phenoxy) is 1. The van der Waals surface area contributed by atoms with E-state index in [0.717, 1.165) is 38.1 Å². The number of aliphatic hydroxyl groups excluding tert-OH is 1. The number of piperazine rings is 1. The first-order valence-corrected chi connectivity index (χ1v) is 11.0. The summed E-state index contributed by atoms with van der Waals surface area (Å²) in [5.74, 6) is -0.421. The Morgan fingerprint density at radius 3 is 2.30 bits per heavy atom. The van der Waals surface area contributed by atoms with Gasteiger partial charge >= 0.3 is 0 Å². The summed E-state index contributed by atoms with van der Waals surface area (Å²) >= 11 is 0. The molecule has 1 aromatic rings. The number of carbonyl (C=O) groups excluding carboxylic acids is 2. The standard InChI is InChI=1S/C23H33N3O4/c1-2-3-17-30-18-7-10-26-22(28)20(19-8-5-4-6-9-19)21(23(26)29)25-13-11-24(12-14-25)15-16-27/h4-6,8-9,27H,2-3,7,10-18H2,1H3. The summed E-state index contributed by atoms with van der Waals surface area (Å²) in [4.78, 5) is 32.1. The number of carbonyl (C=O) groups is 2. The minimum atomic E-state index is -0.215. The van der Waals surface area contributed by atoms with Gasteiger partial charge in [0.1, 0.15) is 5.70 Å². The summed E-state index contributed by atoms with van der Waals surface area (Å²) in [5.41, 5.74) is 1.80. The fraction of sp³-hybridized carbons (Fsp3) is 0.565. The molecule has 0 spiro atoms. The molecule has 0 aliphatic carbocycles. The Morgan fingerprint density at radius 1 is 0.933 bits per heavy atom. The maximum atomic E-state index is 13.3. The SMILES string of the molecule is CCCCOCCCN1C(=O)C(c2ccccc2)=C(N2CCN(CCO)CC2)C1=O. The molecule has 0 bridgehead atoms. The molecule has 2 aliphatic heterocycles. The second kappa shape index (κ2) is 11.2. The average molecular weight is 416 g/mol. The Labute approximate surface area is 178 Å². The van der Waals surface area contributed by atoms with Gasteiger partial charge in [0.05, 0.1) is 12.2 Å². The van der Waals surface area contributed by atoms with Crippen molar-refractivity contribution in [3.63, 3.8) is 0 Å². The molecule has 3 rings (SSSR count). The number of nitrogens with zero attached hydrogens (tertiary/aromatic N) is 3. The predicted octanol–water partition coefficient (Wildman–Crippen LogP) is 1.58. The zero-order valence-electron chi connectivity index (χ0n) is 17.9. The van der Waals surface area contributed by atoms with Gasteiger partial charge in [0.15, 0.2) is 0 Å². The Kier molecular flexibility index (Phi) is 8.42. The lowest BCUT2D eigenvalue weighted by Crippen LogP contribution is -2.48. The predicted molar refractivity (Wildman–Crippen MR) is 116 cm³/mol. The first kappa shape index (κ1) is 22.5. The van der Waals surface area contributed by atoms with Crippen LogP contribution in [0.1, 0.15) is 31.7 Å². The number of hydrogen-bond donors (Lipinski definition) is 1. The maximum absolute atomic E-state index is 13.3. The zero-order chi connectivity index (χ0) is 21.3. The van der Waals surface area contributed by atoms with E-state index in [-0.39, 0.29) is 18.4 Å². The third kappa shape index (κ3) is 5.28. The van der Waals surface area contributed by atoms with Crippen molar-refractivity contribution >= 4 is 17.4 Å². The molecule has 2 heterocycles. The topological polar surface area (TPSA) is 73.3 Å². The van der Waals surface area contributed by atoms with Crippen molar-refractivity contribution in [1.82, 2.24) is 14.7 Å². The number of β-amino-alcohol motifs (C(OH)–C–C–N with tert-alkyl or cyclic N) is 1. The van der Waals surface area contributed by atoms with Crippen LogP contribution >= 0.6 is 0 Å². The van der Waals surface area contributed by atoms with Crippen molar-refractivity contribution in [3.05, 3.63) is 41.6 Å². The summed E-state index contributed by atoms with van der Waals surface area (Å²) in [6.07, 6.45) is 2.75. The smallest absolute Gasteiger partial charge is 0.277 e. The van der Waals surface area contributed by atoms with E-state index in [1.165, 1.54) is 4.90 Å². The summed E-state index contributed by atoms with van der Waals surface area (Å²) in [6, 6.07) is 9.46. The van der Waals surface area contributed by atoms with Gasteiger partial charge in [0.25, 0.3) is 11.8 Å². The van der Waals surface area contributed by atoms with Crippen LogP contribution in [0.5, 0.6) is 0 Å². The van der Waals surface area contributed by atoms with Crippen molar-refractivity contribution in [2.24, 2.45) is 0 Å². The molecule has 1 saturated heterocycles. The number of benzene rings is 1. The normalized spacial score (nSPS) is 18.1. The fourth-order valence-corrected chi connectivity index (χ4v) is 3.93. The van der Waals surface area contributed by atoms with E-state index in [1.807, 2.05) is 35.2 Å². The minimum Gasteiger partial charge on any atom is -0.395 e. The lowest BCUT2D eigenvalue weighted by Gasteiger charge is -2.36. The molecule has 7 nitrogen and oxygen atoms in total. The molecule has 1 aromatic carbocycles. The second-order valence-electron chi connectivity index (χ2n) is 7.72. The third-order valence-electron chi connectivity index (χ3n) is 5.62. The molecule has 2 amide bonds. The highest BCUT2D eigenvalue weighted by Crippen LogP contribution is 2.32. The Bertz CT molecular complexity index is 742. The fourth-order valence-electron chi connectivity index (χ4n) is 3.93. The van der Waals surface area contributed by atoms with Crippen LogP contribution in [0.25, 0.3) is 5.57 Å². The molecule has 1 N–H and O–H groups in total. The number of hydrogen-bond acceptors (Lipinski definition) is 6. The van der Waals surface area contributed by atoms with Crippen molar-refractivity contribution < 1.29 is 19.4 Å². The Morgan fingerprint density at radius 2 is 1.63 bits per heavy atom. The lowest BCUT2D eigenvalue weighted by molar-refractivity contribution is -0.137. The number of unbranched alkanes of at least 4 members (excludes halogenated alkanes) is 1. The van der Waals surface area contributed by atoms with E-state index >= 15 is 0 Å². The number of imide groups is 1. The largest absolute Gasteiger partial charge is 0.395 e. The maximum Gasteiger partial charge on any atom is 0.277 e. The number of amides is 2. The Hall–Kier alpha value is -2.22. The van der Waals surface area contributed by atoms with E-state index in [4.69, 9.17) is 9.84 Å². The van der Waals surface area contributed by atoms with E-state index < -0.39 is 0 Å². The van der Waals surface area contributed by atoms with Crippen LogP contribution in [0.15, 0.2) is 36.0 Å². The van der Waals surface area contributed by atoms with Gasteiger partial charge in [0.2, 0.25) is 0 Å². The van der Waals surface area contributed by atoms with Gasteiger partial charge in [-0.3, -0.25) is 19.4 Å². The van der Waals surface area contributed by atoms with Crippen LogP contribution < -0.4 is 0 Å². The highest BCUT2D eigenvalue weighted by molar-refractivity contribution is 6.35. The molecule has 164 valence electrons. The van der Waals surface area contributed by atoms with Gasteiger partial charge in [-0.25, -0.2) is 0 Å². The monoisotopic (exact) mass is 415 g/mol. The first-order valence-electron chi connectivity index (χ1n) is 11.0. The van der Waals surface area contributed by atoms with Gasteiger partial charge in [-0.2, -0.15) is 0 Å². The zero-order valence-corrected chi connectivity index (χ0v) is 17.9. The highest BCUT2D eigenvalue weighted by atomic mass is 16.5. The molecule has 0 radical (unpaired) electrons. The minimum absolute atomic E-state index is 0.128. The van der Waals surface area contributed by atoms with Gasteiger partial charge in [0, 0.05) is 52.5 Å². The van der Waals surface area contributed by atoms with Crippen LogP contribution in [-0.4, -0.2) is 90.7 Å². The van der Waals surface area contributed by atoms with Gasteiger partial charge in [-0.1, -0.05) is 43.7 Å². The summed E-state index contributed by atoms with van der Waals surface area (Å²) in [7, 11) is 0. The lowest BCUT2D eigenvalue weighted by atomic mass is 10.0. The number of rotatable bonds is 11. The van der Waals surface area contributed by atoms with Crippen LogP contribution in [-0.2, 0) is 14.3 Å². The molecule has 0 saturated carbocycles. The molecule has 2 aliphatic rings. The molecule has 1 fully saturated rings. The summed E-state index contributed by atoms with van der Waals surface area (Å²) in [6.45, 7) is 7.37. The van der Waals surface area contributed by atoms with E-state index in [1.54, 1.807) is 0 Å². The molecule has 0 atom stereocenters. The quantitative estimate of drug-likeness (QED) is 0.437. The van der Waals surface area contributed by atoms with Crippen LogP contribution in [0.4, 0.5) is 0 Å². The van der Waals surface area contributed by atoms with Crippen molar-refractivity contribution in [3.8, 4) is 0 Å². The number of aliphatic hydroxyl groups is 1. The van der Waals surface area contributed by atoms with E-state index in [0.29, 0.717) is 50.5 Å². The Balaban J connectivity index is 1.73. The van der Waals surface area contributed by atoms with Crippen LogP contribution in [0.3, 0.4) is 0 Å². The highest BCUT2D eigenvalue weighted by Gasteiger charge is 2.41. The van der Waals surface area contributed by atoms with Crippen molar-refractivity contribution in [2.45, 2.75) is 26.2 Å². The van der Waals surface area contributed by atoms with Gasteiger partial charge in [-0.05, 0) is 18.4 Å². The molecular weight excluding hydrogens is 382 g/mol. The van der Waals surface area contributed by atoms with Crippen LogP contribution in [0, 0.1) is 0 Å². The average Bonchev–Trinajstić information content (AvgIpc) is 3.02. The van der Waals surface area contributed by atoms with E-state index in [9.17, 15) is 9.59 Å². The van der Waals surface area contributed by atoms with Gasteiger partial charge in [-0.15, -0.1) is 0 Å².